The van der Waals surface area contributed by atoms with E-state index >= 15 is 0 Å². The van der Waals surface area contributed by atoms with Crippen LogP contribution >= 0.6 is 0 Å². The minimum atomic E-state index is -0.279. The number of amides is 1. The number of rotatable bonds is 2. The van der Waals surface area contributed by atoms with Crippen LogP contribution in [0.1, 0.15) is 23.2 Å². The second-order valence-electron chi connectivity index (χ2n) is 4.56. The van der Waals surface area contributed by atoms with Crippen molar-refractivity contribution in [1.29, 1.82) is 0 Å². The zero-order chi connectivity index (χ0) is 13.8. The molecule has 0 saturated carbocycles. The van der Waals surface area contributed by atoms with Crippen LogP contribution in [-0.2, 0) is 9.53 Å². The third-order valence-electron chi connectivity index (χ3n) is 3.27. The van der Waals surface area contributed by atoms with Crippen LogP contribution in [0.15, 0.2) is 23.1 Å². The lowest BCUT2D eigenvalue weighted by Gasteiger charge is -2.31. The number of nitrogens with zero attached hydrogens (tertiary/aromatic N) is 1. The second kappa shape index (κ2) is 5.69. The molecule has 0 bridgehead atoms. The second-order valence-corrected chi connectivity index (χ2v) is 4.56. The van der Waals surface area contributed by atoms with Crippen molar-refractivity contribution in [2.75, 3.05) is 20.2 Å². The number of H-pyrrole nitrogens is 1. The van der Waals surface area contributed by atoms with Crippen molar-refractivity contribution >= 4 is 11.9 Å². The summed E-state index contributed by atoms with van der Waals surface area (Å²) >= 11 is 0. The molecule has 1 aromatic rings. The molecule has 6 nitrogen and oxygen atoms in total. The number of methoxy groups -OCH3 is 1. The number of aromatic amines is 1. The quantitative estimate of drug-likeness (QED) is 0.784. The van der Waals surface area contributed by atoms with Crippen LogP contribution in [-0.4, -0.2) is 42.0 Å². The fraction of sp³-hybridized carbons (Fsp3) is 0.462. The molecule has 0 spiro atoms. The van der Waals surface area contributed by atoms with Gasteiger partial charge in [-0.25, -0.2) is 0 Å². The molecule has 1 N–H and O–H groups in total. The Hall–Kier alpha value is -2.11. The highest BCUT2D eigenvalue weighted by Gasteiger charge is 2.29. The summed E-state index contributed by atoms with van der Waals surface area (Å²) in [5.41, 5.74) is 0.174. The number of esters is 1. The first-order valence-electron chi connectivity index (χ1n) is 6.17. The van der Waals surface area contributed by atoms with Gasteiger partial charge in [0.25, 0.3) is 5.91 Å². The van der Waals surface area contributed by atoms with E-state index in [0.29, 0.717) is 18.7 Å². The number of likely N-dealkylation sites (tertiary alicyclic amines) is 1. The Morgan fingerprint density at radius 1 is 1.42 bits per heavy atom. The van der Waals surface area contributed by atoms with Crippen molar-refractivity contribution in [1.82, 2.24) is 9.88 Å². The average Bonchev–Trinajstić information content (AvgIpc) is 2.46. The predicted octanol–water partition coefficient (Wildman–Crippen LogP) is 0.400. The molecule has 1 aliphatic heterocycles. The van der Waals surface area contributed by atoms with Crippen LogP contribution < -0.4 is 5.56 Å². The molecule has 1 saturated heterocycles. The Morgan fingerprint density at radius 3 is 2.84 bits per heavy atom. The van der Waals surface area contributed by atoms with Crippen molar-refractivity contribution in [2.45, 2.75) is 12.8 Å². The number of ether oxygens (including phenoxy) is 1. The summed E-state index contributed by atoms with van der Waals surface area (Å²) in [5.74, 6) is -0.714. The number of pyridine rings is 1. The van der Waals surface area contributed by atoms with Crippen molar-refractivity contribution in [3.8, 4) is 0 Å². The van der Waals surface area contributed by atoms with Gasteiger partial charge in [-0.2, -0.15) is 0 Å². The first kappa shape index (κ1) is 13.3. The summed E-state index contributed by atoms with van der Waals surface area (Å²) in [6, 6.07) is 2.80. The van der Waals surface area contributed by atoms with Gasteiger partial charge < -0.3 is 14.6 Å². The number of carbonyl (C=O) groups is 2. The van der Waals surface area contributed by atoms with E-state index in [4.69, 9.17) is 4.74 Å². The molecule has 19 heavy (non-hydrogen) atoms. The molecule has 1 amide bonds. The van der Waals surface area contributed by atoms with Crippen LogP contribution in [0.4, 0.5) is 0 Å². The van der Waals surface area contributed by atoms with Gasteiger partial charge in [-0.15, -0.1) is 0 Å². The molecule has 2 rings (SSSR count). The van der Waals surface area contributed by atoms with Gasteiger partial charge in [0.1, 0.15) is 0 Å². The summed E-state index contributed by atoms with van der Waals surface area (Å²) in [6.45, 7) is 0.982. The maximum atomic E-state index is 12.2. The molecule has 1 fully saturated rings. The number of hydrogen-bond acceptors (Lipinski definition) is 4. The van der Waals surface area contributed by atoms with Crippen molar-refractivity contribution in [3.05, 3.63) is 34.2 Å². The third kappa shape index (κ3) is 3.01. The van der Waals surface area contributed by atoms with Crippen molar-refractivity contribution < 1.29 is 14.3 Å². The molecule has 102 valence electrons. The van der Waals surface area contributed by atoms with E-state index in [9.17, 15) is 14.4 Å². The van der Waals surface area contributed by atoms with Gasteiger partial charge in [-0.1, -0.05) is 0 Å². The fourth-order valence-corrected chi connectivity index (χ4v) is 2.25. The molecule has 0 aromatic carbocycles. The lowest BCUT2D eigenvalue weighted by Crippen LogP contribution is -2.42. The predicted molar refractivity (Wildman–Crippen MR) is 67.7 cm³/mol. The standard InChI is InChI=1S/C13H16N2O4/c1-19-13(18)10-3-2-6-15(8-10)12(17)9-4-5-11(16)14-7-9/h4-5,7,10H,2-3,6,8H2,1H3,(H,14,16). The Morgan fingerprint density at radius 2 is 2.21 bits per heavy atom. The molecule has 1 atom stereocenters. The molecule has 1 unspecified atom stereocenters. The molecule has 6 heteroatoms. The SMILES string of the molecule is COC(=O)C1CCCN(C(=O)c2ccc(=O)[nH]c2)C1. The number of nitrogens with one attached hydrogen (secondary N) is 1. The van der Waals surface area contributed by atoms with E-state index in [2.05, 4.69) is 4.98 Å². The fourth-order valence-electron chi connectivity index (χ4n) is 2.25. The Labute approximate surface area is 110 Å². The molecule has 1 aliphatic rings. The first-order valence-corrected chi connectivity index (χ1v) is 6.17. The van der Waals surface area contributed by atoms with Crippen LogP contribution in [0.25, 0.3) is 0 Å². The summed E-state index contributed by atoms with van der Waals surface area (Å²) < 4.78 is 4.71. The van der Waals surface area contributed by atoms with E-state index in [1.165, 1.54) is 25.4 Å². The number of piperidine rings is 1. The number of aromatic nitrogens is 1. The minimum absolute atomic E-state index is 0.176. The third-order valence-corrected chi connectivity index (χ3v) is 3.27. The number of carbonyl (C=O) groups excluding carboxylic acids is 2. The van der Waals surface area contributed by atoms with Gasteiger partial charge in [-0.05, 0) is 18.9 Å². The zero-order valence-corrected chi connectivity index (χ0v) is 10.7. The largest absolute Gasteiger partial charge is 0.469 e. The molecular weight excluding hydrogens is 248 g/mol. The summed E-state index contributed by atoms with van der Waals surface area (Å²) in [5, 5.41) is 0. The lowest BCUT2D eigenvalue weighted by atomic mass is 9.97. The van der Waals surface area contributed by atoms with Crippen LogP contribution in [0.2, 0.25) is 0 Å². The van der Waals surface area contributed by atoms with Crippen molar-refractivity contribution in [2.24, 2.45) is 5.92 Å². The maximum absolute atomic E-state index is 12.2. The monoisotopic (exact) mass is 264 g/mol. The maximum Gasteiger partial charge on any atom is 0.310 e. The van der Waals surface area contributed by atoms with Crippen LogP contribution in [0, 0.1) is 5.92 Å². The highest BCUT2D eigenvalue weighted by atomic mass is 16.5. The smallest absolute Gasteiger partial charge is 0.310 e. The zero-order valence-electron chi connectivity index (χ0n) is 10.7. The molecular formula is C13H16N2O4. The topological polar surface area (TPSA) is 79.5 Å². The Bertz CT molecular complexity index is 517. The highest BCUT2D eigenvalue weighted by molar-refractivity contribution is 5.94. The van der Waals surface area contributed by atoms with E-state index in [1.54, 1.807) is 4.90 Å². The van der Waals surface area contributed by atoms with Gasteiger partial charge in [0.05, 0.1) is 18.6 Å². The minimum Gasteiger partial charge on any atom is -0.469 e. The highest BCUT2D eigenvalue weighted by Crippen LogP contribution is 2.19. The molecule has 0 radical (unpaired) electrons. The van der Waals surface area contributed by atoms with Gasteiger partial charge in [-0.3, -0.25) is 14.4 Å². The van der Waals surface area contributed by atoms with E-state index in [1.807, 2.05) is 0 Å². The lowest BCUT2D eigenvalue weighted by molar-refractivity contribution is -0.146. The van der Waals surface area contributed by atoms with Gasteiger partial charge in [0.2, 0.25) is 5.56 Å². The Balaban J connectivity index is 2.08. The van der Waals surface area contributed by atoms with E-state index in [-0.39, 0.29) is 23.4 Å². The average molecular weight is 264 g/mol. The van der Waals surface area contributed by atoms with E-state index < -0.39 is 0 Å². The molecule has 1 aromatic heterocycles. The molecule has 2 heterocycles. The van der Waals surface area contributed by atoms with Gasteiger partial charge in [0.15, 0.2) is 0 Å². The summed E-state index contributed by atoms with van der Waals surface area (Å²) in [6.07, 6.45) is 2.91. The van der Waals surface area contributed by atoms with Crippen molar-refractivity contribution in [3.63, 3.8) is 0 Å². The normalized spacial score (nSPS) is 19.0. The first-order chi connectivity index (χ1) is 9.11. The van der Waals surface area contributed by atoms with Gasteiger partial charge >= 0.3 is 5.97 Å². The van der Waals surface area contributed by atoms with Crippen LogP contribution in [0.5, 0.6) is 0 Å². The Kier molecular flexibility index (Phi) is 3.99. The molecule has 0 aliphatic carbocycles. The number of hydrogen-bond donors (Lipinski definition) is 1. The summed E-state index contributed by atoms with van der Waals surface area (Å²) in [7, 11) is 1.35. The van der Waals surface area contributed by atoms with Crippen LogP contribution in [0.3, 0.4) is 0 Å². The van der Waals surface area contributed by atoms with E-state index in [0.717, 1.165) is 12.8 Å². The summed E-state index contributed by atoms with van der Waals surface area (Å²) in [4.78, 5) is 38.8. The van der Waals surface area contributed by atoms with Gasteiger partial charge in [0, 0.05) is 25.4 Å².